The Bertz CT molecular complexity index is 435. The van der Waals surface area contributed by atoms with Crippen LogP contribution in [-0.4, -0.2) is 41.9 Å². The molecule has 0 heterocycles. The Morgan fingerprint density at radius 3 is 2.19 bits per heavy atom. The van der Waals surface area contributed by atoms with E-state index in [1.807, 2.05) is 6.07 Å². The van der Waals surface area contributed by atoms with Crippen molar-refractivity contribution in [3.63, 3.8) is 0 Å². The van der Waals surface area contributed by atoms with E-state index in [4.69, 9.17) is 4.74 Å². The summed E-state index contributed by atoms with van der Waals surface area (Å²) in [5.74, 6) is -0.143. The zero-order valence-electron chi connectivity index (χ0n) is 13.3. The van der Waals surface area contributed by atoms with E-state index in [1.54, 1.807) is 24.3 Å². The molecule has 0 aliphatic heterocycles. The second kappa shape index (κ2) is 8.57. The van der Waals surface area contributed by atoms with Crippen molar-refractivity contribution in [3.8, 4) is 0 Å². The Balaban J connectivity index is 2.73. The number of hydrogen-bond donors (Lipinski definition) is 0. The number of ketones is 1. The van der Waals surface area contributed by atoms with E-state index in [0.29, 0.717) is 37.1 Å². The van der Waals surface area contributed by atoms with Crippen LogP contribution in [0.3, 0.4) is 0 Å². The van der Waals surface area contributed by atoms with E-state index < -0.39 is 6.10 Å². The number of carbonyl (C=O) groups is 2. The highest BCUT2D eigenvalue weighted by atomic mass is 16.5. The first-order chi connectivity index (χ1) is 9.97. The van der Waals surface area contributed by atoms with Gasteiger partial charge in [-0.15, -0.1) is 0 Å². The third-order valence-corrected chi connectivity index (χ3v) is 3.55. The van der Waals surface area contributed by atoms with Crippen LogP contribution in [0.4, 0.5) is 0 Å². The Morgan fingerprint density at radius 2 is 1.71 bits per heavy atom. The predicted molar refractivity (Wildman–Crippen MR) is 83.3 cm³/mol. The molecule has 0 aromatic heterocycles. The van der Waals surface area contributed by atoms with Gasteiger partial charge in [0.2, 0.25) is 5.78 Å². The van der Waals surface area contributed by atoms with Gasteiger partial charge in [0.25, 0.3) is 6.47 Å². The van der Waals surface area contributed by atoms with Crippen molar-refractivity contribution in [2.45, 2.75) is 52.3 Å². The first-order valence-corrected chi connectivity index (χ1v) is 7.41. The molecule has 0 fully saturated rings. The van der Waals surface area contributed by atoms with E-state index in [2.05, 4.69) is 32.6 Å². The van der Waals surface area contributed by atoms with Crippen LogP contribution in [0.25, 0.3) is 0 Å². The fourth-order valence-electron chi connectivity index (χ4n) is 2.50. The second-order valence-corrected chi connectivity index (χ2v) is 5.67. The van der Waals surface area contributed by atoms with Gasteiger partial charge in [-0.3, -0.25) is 14.5 Å². The summed E-state index contributed by atoms with van der Waals surface area (Å²) >= 11 is 0. The van der Waals surface area contributed by atoms with Crippen molar-refractivity contribution in [1.82, 2.24) is 4.90 Å². The van der Waals surface area contributed by atoms with Crippen LogP contribution in [0.5, 0.6) is 0 Å². The fraction of sp³-hybridized carbons (Fsp3) is 0.529. The van der Waals surface area contributed by atoms with Crippen LogP contribution >= 0.6 is 0 Å². The van der Waals surface area contributed by atoms with Gasteiger partial charge < -0.3 is 4.74 Å². The molecule has 0 saturated carbocycles. The van der Waals surface area contributed by atoms with E-state index in [9.17, 15) is 9.59 Å². The highest BCUT2D eigenvalue weighted by Crippen LogP contribution is 2.12. The van der Waals surface area contributed by atoms with E-state index in [-0.39, 0.29) is 5.78 Å². The van der Waals surface area contributed by atoms with Gasteiger partial charge in [0.15, 0.2) is 6.10 Å². The average Bonchev–Trinajstić information content (AvgIpc) is 2.46. The van der Waals surface area contributed by atoms with Crippen molar-refractivity contribution < 1.29 is 14.3 Å². The number of hydrogen-bond acceptors (Lipinski definition) is 4. The van der Waals surface area contributed by atoms with E-state index in [0.717, 1.165) is 0 Å². The molecule has 1 aromatic rings. The maximum atomic E-state index is 12.4. The molecule has 4 heteroatoms. The van der Waals surface area contributed by atoms with Crippen molar-refractivity contribution in [1.29, 1.82) is 0 Å². The lowest BCUT2D eigenvalue weighted by atomic mass is 10.0. The molecule has 116 valence electrons. The smallest absolute Gasteiger partial charge is 0.293 e. The van der Waals surface area contributed by atoms with Crippen LogP contribution in [-0.2, 0) is 9.53 Å². The molecule has 0 aliphatic carbocycles. The molecular formula is C17H25NO3. The summed E-state index contributed by atoms with van der Waals surface area (Å²) in [5, 5.41) is 0. The summed E-state index contributed by atoms with van der Waals surface area (Å²) in [5.41, 5.74) is 0.574. The first kappa shape index (κ1) is 17.4. The number of ether oxygens (including phenoxy) is 1. The third kappa shape index (κ3) is 5.31. The number of carbonyl (C=O) groups excluding carboxylic acids is 2. The summed E-state index contributed by atoms with van der Waals surface area (Å²) in [6.45, 7) is 9.55. The van der Waals surface area contributed by atoms with Gasteiger partial charge in [-0.2, -0.15) is 0 Å². The molecule has 0 spiro atoms. The average molecular weight is 291 g/mol. The van der Waals surface area contributed by atoms with Gasteiger partial charge in [0.1, 0.15) is 0 Å². The third-order valence-electron chi connectivity index (χ3n) is 3.55. The van der Waals surface area contributed by atoms with Crippen LogP contribution in [0.1, 0.15) is 44.5 Å². The van der Waals surface area contributed by atoms with Crippen molar-refractivity contribution in [2.24, 2.45) is 0 Å². The van der Waals surface area contributed by atoms with Gasteiger partial charge >= 0.3 is 0 Å². The highest BCUT2D eigenvalue weighted by molar-refractivity contribution is 5.99. The van der Waals surface area contributed by atoms with E-state index >= 15 is 0 Å². The van der Waals surface area contributed by atoms with Crippen molar-refractivity contribution in [2.75, 3.05) is 6.54 Å². The Morgan fingerprint density at radius 1 is 1.14 bits per heavy atom. The van der Waals surface area contributed by atoms with Crippen LogP contribution < -0.4 is 0 Å². The van der Waals surface area contributed by atoms with Crippen LogP contribution in [0, 0.1) is 0 Å². The zero-order valence-corrected chi connectivity index (χ0v) is 13.3. The monoisotopic (exact) mass is 291 g/mol. The Hall–Kier alpha value is -1.68. The Kier molecular flexibility index (Phi) is 7.09. The molecule has 1 aromatic carbocycles. The quantitative estimate of drug-likeness (QED) is 0.518. The molecule has 0 radical (unpaired) electrons. The topological polar surface area (TPSA) is 46.6 Å². The normalized spacial score (nSPS) is 12.7. The zero-order chi connectivity index (χ0) is 15.8. The van der Waals surface area contributed by atoms with Gasteiger partial charge in [0.05, 0.1) is 0 Å². The largest absolute Gasteiger partial charge is 0.456 e. The molecule has 0 bridgehead atoms. The maximum absolute atomic E-state index is 12.4. The summed E-state index contributed by atoms with van der Waals surface area (Å²) < 4.78 is 5.01. The Labute approximate surface area is 127 Å². The molecule has 1 atom stereocenters. The molecule has 1 rings (SSSR count). The minimum absolute atomic E-state index is 0.143. The summed E-state index contributed by atoms with van der Waals surface area (Å²) in [7, 11) is 0. The molecule has 0 amide bonds. The standard InChI is InChI=1S/C17H25NO3/c1-13(2)18(14(3)4)11-10-16(21-12-19)17(20)15-8-6-5-7-9-15/h5-9,12-14,16H,10-11H2,1-4H3. The summed E-state index contributed by atoms with van der Waals surface area (Å²) in [4.78, 5) is 25.3. The minimum Gasteiger partial charge on any atom is -0.456 e. The van der Waals surface area contributed by atoms with Gasteiger partial charge in [-0.25, -0.2) is 0 Å². The minimum atomic E-state index is -0.718. The SMILES string of the molecule is CC(C)N(CCC(OC=O)C(=O)c1ccccc1)C(C)C. The lowest BCUT2D eigenvalue weighted by molar-refractivity contribution is -0.132. The lowest BCUT2D eigenvalue weighted by Crippen LogP contribution is -2.40. The molecule has 0 N–H and O–H groups in total. The van der Waals surface area contributed by atoms with Crippen LogP contribution in [0.15, 0.2) is 30.3 Å². The van der Waals surface area contributed by atoms with Crippen LogP contribution in [0.2, 0.25) is 0 Å². The van der Waals surface area contributed by atoms with Gasteiger partial charge in [-0.05, 0) is 27.7 Å². The molecule has 4 nitrogen and oxygen atoms in total. The maximum Gasteiger partial charge on any atom is 0.293 e. The number of nitrogens with zero attached hydrogens (tertiary/aromatic N) is 1. The molecule has 0 aliphatic rings. The van der Waals surface area contributed by atoms with Gasteiger partial charge in [-0.1, -0.05) is 30.3 Å². The summed E-state index contributed by atoms with van der Waals surface area (Å²) in [6, 6.07) is 9.71. The molecular weight excluding hydrogens is 266 g/mol. The van der Waals surface area contributed by atoms with E-state index in [1.165, 1.54) is 0 Å². The second-order valence-electron chi connectivity index (χ2n) is 5.67. The van der Waals surface area contributed by atoms with Gasteiger partial charge in [0, 0.05) is 30.6 Å². The number of Topliss-reactive ketones (excluding diaryl/α,β-unsaturated/α-hetero) is 1. The fourth-order valence-corrected chi connectivity index (χ4v) is 2.50. The highest BCUT2D eigenvalue weighted by Gasteiger charge is 2.23. The number of benzene rings is 1. The predicted octanol–water partition coefficient (Wildman–Crippen LogP) is 2.92. The molecule has 21 heavy (non-hydrogen) atoms. The molecule has 1 unspecified atom stereocenters. The number of rotatable bonds is 9. The lowest BCUT2D eigenvalue weighted by Gasteiger charge is -2.31. The first-order valence-electron chi connectivity index (χ1n) is 7.41. The summed E-state index contributed by atoms with van der Waals surface area (Å²) in [6.07, 6.45) is -0.215. The van der Waals surface area contributed by atoms with Crippen molar-refractivity contribution >= 4 is 12.3 Å². The van der Waals surface area contributed by atoms with Crippen molar-refractivity contribution in [3.05, 3.63) is 35.9 Å². The molecule has 0 saturated heterocycles.